The lowest BCUT2D eigenvalue weighted by Gasteiger charge is -2.32. The van der Waals surface area contributed by atoms with Crippen LogP contribution in [0.4, 0.5) is 0 Å². The molecule has 0 spiro atoms. The Hall–Kier alpha value is -1.12. The van der Waals surface area contributed by atoms with Crippen molar-refractivity contribution in [2.24, 2.45) is 4.99 Å². The molecule has 0 bridgehead atoms. The number of piperidine rings is 1. The van der Waals surface area contributed by atoms with Crippen LogP contribution in [0.1, 0.15) is 19.8 Å². The molecule has 0 aliphatic carbocycles. The standard InChI is InChI=1S/C16H32N4O3S/c1-4-9-20-10-6-15(7-11-20)19-16(17-5-2)18-8-12-23-13-14-24(3,21)22/h4,15H,1,5-14H2,2-3H3,(H2,17,18,19). The zero-order valence-electron chi connectivity index (χ0n) is 15.0. The molecule has 0 aromatic carbocycles. The van der Waals surface area contributed by atoms with Gasteiger partial charge in [0.2, 0.25) is 0 Å². The molecule has 0 aromatic rings. The number of ether oxygens (including phenoxy) is 1. The molecule has 0 saturated carbocycles. The summed E-state index contributed by atoms with van der Waals surface area (Å²) in [4.78, 5) is 6.88. The van der Waals surface area contributed by atoms with Crippen LogP contribution in [0.5, 0.6) is 0 Å². The van der Waals surface area contributed by atoms with Gasteiger partial charge in [0.1, 0.15) is 9.84 Å². The van der Waals surface area contributed by atoms with E-state index in [1.165, 1.54) is 6.26 Å². The Labute approximate surface area is 146 Å². The first-order valence-electron chi connectivity index (χ1n) is 8.58. The third-order valence-corrected chi connectivity index (χ3v) is 4.67. The normalized spacial score (nSPS) is 17.7. The highest BCUT2D eigenvalue weighted by atomic mass is 32.2. The lowest BCUT2D eigenvalue weighted by Crippen LogP contribution is -2.48. The first-order chi connectivity index (χ1) is 11.4. The van der Waals surface area contributed by atoms with E-state index in [9.17, 15) is 8.42 Å². The third-order valence-electron chi connectivity index (χ3n) is 3.76. The topological polar surface area (TPSA) is 83.0 Å². The van der Waals surface area contributed by atoms with Crippen molar-refractivity contribution in [1.29, 1.82) is 0 Å². The summed E-state index contributed by atoms with van der Waals surface area (Å²) in [6.07, 6.45) is 5.33. The van der Waals surface area contributed by atoms with Gasteiger partial charge in [-0.05, 0) is 19.8 Å². The number of guanidine groups is 1. The Morgan fingerprint density at radius 1 is 1.38 bits per heavy atom. The van der Waals surface area contributed by atoms with E-state index in [-0.39, 0.29) is 12.4 Å². The van der Waals surface area contributed by atoms with Crippen LogP contribution in [-0.2, 0) is 14.6 Å². The van der Waals surface area contributed by atoms with Gasteiger partial charge >= 0.3 is 0 Å². The van der Waals surface area contributed by atoms with Crippen LogP contribution in [0.15, 0.2) is 17.6 Å². The van der Waals surface area contributed by atoms with Gasteiger partial charge in [0, 0.05) is 38.5 Å². The zero-order chi connectivity index (χ0) is 17.8. The SMILES string of the molecule is C=CCN1CCC(NC(=NCCOCCS(C)(=O)=O)NCC)CC1. The van der Waals surface area contributed by atoms with Crippen LogP contribution in [0.25, 0.3) is 0 Å². The molecule has 0 atom stereocenters. The van der Waals surface area contributed by atoms with E-state index in [0.29, 0.717) is 19.2 Å². The number of likely N-dealkylation sites (tertiary alicyclic amines) is 1. The summed E-state index contributed by atoms with van der Waals surface area (Å²) in [5, 5.41) is 6.71. The van der Waals surface area contributed by atoms with Gasteiger partial charge in [0.25, 0.3) is 0 Å². The summed E-state index contributed by atoms with van der Waals surface area (Å²) in [6.45, 7) is 10.9. The van der Waals surface area contributed by atoms with E-state index in [2.05, 4.69) is 27.1 Å². The Bertz CT molecular complexity index is 486. The lowest BCUT2D eigenvalue weighted by atomic mass is 10.1. The van der Waals surface area contributed by atoms with Crippen molar-refractivity contribution in [1.82, 2.24) is 15.5 Å². The van der Waals surface area contributed by atoms with Crippen molar-refractivity contribution in [3.05, 3.63) is 12.7 Å². The Kier molecular flexibility index (Phi) is 9.97. The maximum absolute atomic E-state index is 11.0. The molecule has 0 amide bonds. The Morgan fingerprint density at radius 2 is 2.08 bits per heavy atom. The Morgan fingerprint density at radius 3 is 2.67 bits per heavy atom. The molecule has 140 valence electrons. The molecular weight excluding hydrogens is 328 g/mol. The van der Waals surface area contributed by atoms with E-state index in [1.54, 1.807) is 0 Å². The van der Waals surface area contributed by atoms with Gasteiger partial charge in [0.05, 0.1) is 25.5 Å². The van der Waals surface area contributed by atoms with Crippen molar-refractivity contribution in [2.45, 2.75) is 25.8 Å². The minimum atomic E-state index is -2.96. The lowest BCUT2D eigenvalue weighted by molar-refractivity contribution is 0.157. The van der Waals surface area contributed by atoms with Gasteiger partial charge in [0.15, 0.2) is 5.96 Å². The summed E-state index contributed by atoms with van der Waals surface area (Å²) in [7, 11) is -2.96. The second-order valence-electron chi connectivity index (χ2n) is 6.01. The summed E-state index contributed by atoms with van der Waals surface area (Å²) in [5.41, 5.74) is 0. The van der Waals surface area contributed by atoms with E-state index < -0.39 is 9.84 Å². The molecule has 7 nitrogen and oxygen atoms in total. The molecule has 2 N–H and O–H groups in total. The molecule has 0 aromatic heterocycles. The van der Waals surface area contributed by atoms with Crippen LogP contribution in [0.3, 0.4) is 0 Å². The van der Waals surface area contributed by atoms with Crippen molar-refractivity contribution >= 4 is 15.8 Å². The molecule has 0 radical (unpaired) electrons. The average Bonchev–Trinajstić information content (AvgIpc) is 2.52. The fourth-order valence-corrected chi connectivity index (χ4v) is 2.91. The van der Waals surface area contributed by atoms with Crippen molar-refractivity contribution in [3.63, 3.8) is 0 Å². The van der Waals surface area contributed by atoms with E-state index in [0.717, 1.165) is 45.0 Å². The average molecular weight is 361 g/mol. The fraction of sp³-hybridized carbons (Fsp3) is 0.812. The van der Waals surface area contributed by atoms with Gasteiger partial charge in [-0.15, -0.1) is 6.58 Å². The van der Waals surface area contributed by atoms with Crippen molar-refractivity contribution in [2.75, 3.05) is 57.9 Å². The molecule has 1 aliphatic heterocycles. The second-order valence-corrected chi connectivity index (χ2v) is 8.27. The molecule has 8 heteroatoms. The highest BCUT2D eigenvalue weighted by Crippen LogP contribution is 2.09. The van der Waals surface area contributed by atoms with Crippen LogP contribution < -0.4 is 10.6 Å². The molecular formula is C16H32N4O3S. The quantitative estimate of drug-likeness (QED) is 0.252. The number of hydrogen-bond acceptors (Lipinski definition) is 5. The smallest absolute Gasteiger partial charge is 0.191 e. The molecule has 0 unspecified atom stereocenters. The molecule has 1 heterocycles. The zero-order valence-corrected chi connectivity index (χ0v) is 15.8. The van der Waals surface area contributed by atoms with Gasteiger partial charge in [-0.25, -0.2) is 8.42 Å². The number of rotatable bonds is 10. The summed E-state index contributed by atoms with van der Waals surface area (Å²) < 4.78 is 27.3. The molecule has 1 rings (SSSR count). The van der Waals surface area contributed by atoms with Crippen LogP contribution in [-0.4, -0.2) is 83.3 Å². The third kappa shape index (κ3) is 9.89. The number of aliphatic imine (C=N–C) groups is 1. The largest absolute Gasteiger partial charge is 0.378 e. The number of nitrogens with zero attached hydrogens (tertiary/aromatic N) is 2. The summed E-state index contributed by atoms with van der Waals surface area (Å²) in [6, 6.07) is 0.426. The fourth-order valence-electron chi connectivity index (χ4n) is 2.49. The maximum Gasteiger partial charge on any atom is 0.191 e. The summed E-state index contributed by atoms with van der Waals surface area (Å²) in [5.74, 6) is 0.851. The monoisotopic (exact) mass is 360 g/mol. The predicted molar refractivity (Wildman–Crippen MR) is 99.3 cm³/mol. The first kappa shape index (κ1) is 20.9. The Balaban J connectivity index is 2.28. The molecule has 1 saturated heterocycles. The highest BCUT2D eigenvalue weighted by molar-refractivity contribution is 7.90. The predicted octanol–water partition coefficient (Wildman–Crippen LogP) is 0.253. The van der Waals surface area contributed by atoms with Crippen molar-refractivity contribution < 1.29 is 13.2 Å². The summed E-state index contributed by atoms with van der Waals surface area (Å²) >= 11 is 0. The van der Waals surface area contributed by atoms with Crippen molar-refractivity contribution in [3.8, 4) is 0 Å². The van der Waals surface area contributed by atoms with E-state index >= 15 is 0 Å². The van der Waals surface area contributed by atoms with Gasteiger partial charge in [-0.3, -0.25) is 9.89 Å². The number of hydrogen-bond donors (Lipinski definition) is 2. The van der Waals surface area contributed by atoms with E-state index in [4.69, 9.17) is 4.74 Å². The van der Waals surface area contributed by atoms with Crippen LogP contribution >= 0.6 is 0 Å². The van der Waals surface area contributed by atoms with Crippen LogP contribution in [0.2, 0.25) is 0 Å². The first-order valence-corrected chi connectivity index (χ1v) is 10.6. The minimum absolute atomic E-state index is 0.0539. The number of sulfone groups is 1. The maximum atomic E-state index is 11.0. The minimum Gasteiger partial charge on any atom is -0.378 e. The molecule has 1 fully saturated rings. The van der Waals surface area contributed by atoms with E-state index in [1.807, 2.05) is 13.0 Å². The highest BCUT2D eigenvalue weighted by Gasteiger charge is 2.18. The van der Waals surface area contributed by atoms with Gasteiger partial charge in [-0.1, -0.05) is 6.08 Å². The van der Waals surface area contributed by atoms with Gasteiger partial charge < -0.3 is 15.4 Å². The number of nitrogens with one attached hydrogen (secondary N) is 2. The van der Waals surface area contributed by atoms with Crippen LogP contribution in [0, 0.1) is 0 Å². The molecule has 1 aliphatic rings. The molecule has 24 heavy (non-hydrogen) atoms. The van der Waals surface area contributed by atoms with Gasteiger partial charge in [-0.2, -0.15) is 0 Å². The second kappa shape index (κ2) is 11.4.